The Morgan fingerprint density at radius 2 is 0.586 bits per heavy atom. The molecule has 8 unspecified atom stereocenters. The van der Waals surface area contributed by atoms with Gasteiger partial charge in [-0.05, 0) is 59.2 Å². The molecule has 0 bridgehead atoms. The van der Waals surface area contributed by atoms with E-state index in [0.29, 0.717) is 12.1 Å². The van der Waals surface area contributed by atoms with E-state index in [-0.39, 0.29) is 0 Å². The van der Waals surface area contributed by atoms with Crippen molar-refractivity contribution in [3.8, 4) is 0 Å². The van der Waals surface area contributed by atoms with Gasteiger partial charge in [0.25, 0.3) is 0 Å². The minimum absolute atomic E-state index is 0.657. The highest BCUT2D eigenvalue weighted by Crippen LogP contribution is 2.42. The summed E-state index contributed by atoms with van der Waals surface area (Å²) in [6.07, 6.45) is 0. The SMILES string of the molecule is CC1C(C)C(C)C(NCCNCCNC2C(C)C(C)C(C)C(C)C2C)C(C)C1C. The van der Waals surface area contributed by atoms with Crippen LogP contribution in [0.1, 0.15) is 69.2 Å². The molecule has 2 saturated carbocycles. The molecule has 3 nitrogen and oxygen atoms in total. The molecule has 2 aliphatic rings. The lowest BCUT2D eigenvalue weighted by Crippen LogP contribution is -2.53. The van der Waals surface area contributed by atoms with Crippen LogP contribution in [0, 0.1) is 59.2 Å². The summed E-state index contributed by atoms with van der Waals surface area (Å²) in [7, 11) is 0. The smallest absolute Gasteiger partial charge is 0.0124 e. The molecule has 0 aromatic carbocycles. The molecule has 172 valence electrons. The largest absolute Gasteiger partial charge is 0.314 e. The van der Waals surface area contributed by atoms with Crippen LogP contribution < -0.4 is 16.0 Å². The first-order chi connectivity index (χ1) is 13.6. The summed E-state index contributed by atoms with van der Waals surface area (Å²) in [6.45, 7) is 28.8. The highest BCUT2D eigenvalue weighted by atomic mass is 15.0. The third-order valence-corrected chi connectivity index (χ3v) is 10.3. The van der Waals surface area contributed by atoms with Crippen LogP contribution in [0.2, 0.25) is 0 Å². The minimum Gasteiger partial charge on any atom is -0.314 e. The van der Waals surface area contributed by atoms with Crippen molar-refractivity contribution in [2.45, 2.75) is 81.3 Å². The van der Waals surface area contributed by atoms with E-state index in [9.17, 15) is 0 Å². The first-order valence-corrected chi connectivity index (χ1v) is 12.8. The van der Waals surface area contributed by atoms with Crippen LogP contribution in [-0.4, -0.2) is 38.3 Å². The Balaban J connectivity index is 1.66. The van der Waals surface area contributed by atoms with E-state index in [0.717, 1.165) is 85.4 Å². The van der Waals surface area contributed by atoms with E-state index in [1.807, 2.05) is 0 Å². The van der Waals surface area contributed by atoms with Crippen molar-refractivity contribution >= 4 is 0 Å². The standard InChI is InChI=1S/C26H53N3/c1-15-17(3)21(7)25(22(8)18(15)4)28-13-11-27-12-14-29-26-23(9)19(5)16(2)20(6)24(26)10/h15-29H,11-14H2,1-10H3. The molecule has 2 rings (SSSR count). The topological polar surface area (TPSA) is 36.1 Å². The van der Waals surface area contributed by atoms with Crippen LogP contribution in [-0.2, 0) is 0 Å². The van der Waals surface area contributed by atoms with Gasteiger partial charge < -0.3 is 16.0 Å². The Kier molecular flexibility index (Phi) is 9.50. The number of hydrogen-bond acceptors (Lipinski definition) is 3. The van der Waals surface area contributed by atoms with Crippen molar-refractivity contribution in [3.63, 3.8) is 0 Å². The Bertz CT molecular complexity index is 407. The maximum atomic E-state index is 3.89. The molecular weight excluding hydrogens is 354 g/mol. The van der Waals surface area contributed by atoms with Crippen LogP contribution in [0.25, 0.3) is 0 Å². The van der Waals surface area contributed by atoms with Crippen molar-refractivity contribution in [2.24, 2.45) is 59.2 Å². The van der Waals surface area contributed by atoms with Crippen molar-refractivity contribution < 1.29 is 0 Å². The van der Waals surface area contributed by atoms with Gasteiger partial charge in [0.05, 0.1) is 0 Å². The monoisotopic (exact) mass is 407 g/mol. The second-order valence-electron chi connectivity index (χ2n) is 11.3. The second kappa shape index (κ2) is 11.0. The lowest BCUT2D eigenvalue weighted by molar-refractivity contribution is 0.0444. The van der Waals surface area contributed by atoms with Gasteiger partial charge in [-0.3, -0.25) is 0 Å². The number of hydrogen-bond donors (Lipinski definition) is 3. The Morgan fingerprint density at radius 1 is 0.345 bits per heavy atom. The lowest BCUT2D eigenvalue weighted by Gasteiger charge is -2.47. The third-order valence-electron chi connectivity index (χ3n) is 10.3. The Morgan fingerprint density at radius 3 is 0.862 bits per heavy atom. The molecular formula is C26H53N3. The van der Waals surface area contributed by atoms with Crippen LogP contribution in [0.3, 0.4) is 0 Å². The molecule has 0 aromatic rings. The number of rotatable bonds is 8. The summed E-state index contributed by atoms with van der Waals surface area (Å²) in [6, 6.07) is 1.31. The quantitative estimate of drug-likeness (QED) is 0.502. The van der Waals surface area contributed by atoms with E-state index >= 15 is 0 Å². The lowest BCUT2D eigenvalue weighted by atomic mass is 9.62. The van der Waals surface area contributed by atoms with Gasteiger partial charge in [-0.15, -0.1) is 0 Å². The highest BCUT2D eigenvalue weighted by Gasteiger charge is 2.41. The summed E-state index contributed by atoms with van der Waals surface area (Å²) < 4.78 is 0. The molecule has 0 amide bonds. The maximum absolute atomic E-state index is 3.89. The van der Waals surface area contributed by atoms with E-state index < -0.39 is 0 Å². The molecule has 8 atom stereocenters. The molecule has 0 heterocycles. The molecule has 0 spiro atoms. The average Bonchev–Trinajstić information content (AvgIpc) is 2.71. The zero-order chi connectivity index (χ0) is 21.9. The molecule has 0 saturated heterocycles. The molecule has 0 radical (unpaired) electrons. The van der Waals surface area contributed by atoms with E-state index in [1.54, 1.807) is 0 Å². The first kappa shape index (κ1) is 25.1. The Hall–Kier alpha value is -0.120. The van der Waals surface area contributed by atoms with E-state index in [2.05, 4.69) is 85.2 Å². The fraction of sp³-hybridized carbons (Fsp3) is 1.00. The van der Waals surface area contributed by atoms with Crippen LogP contribution in [0.5, 0.6) is 0 Å². The summed E-state index contributed by atoms with van der Waals surface area (Å²) in [5, 5.41) is 11.4. The maximum Gasteiger partial charge on any atom is 0.0124 e. The summed E-state index contributed by atoms with van der Waals surface area (Å²) in [5.74, 6) is 7.95. The summed E-state index contributed by atoms with van der Waals surface area (Å²) in [4.78, 5) is 0. The molecule has 29 heavy (non-hydrogen) atoms. The number of nitrogens with one attached hydrogen (secondary N) is 3. The molecule has 0 aliphatic heterocycles. The van der Waals surface area contributed by atoms with Gasteiger partial charge in [0.1, 0.15) is 0 Å². The van der Waals surface area contributed by atoms with Crippen molar-refractivity contribution in [2.75, 3.05) is 26.2 Å². The molecule has 3 N–H and O–H groups in total. The van der Waals surface area contributed by atoms with E-state index in [1.165, 1.54) is 0 Å². The summed E-state index contributed by atoms with van der Waals surface area (Å²) in [5.41, 5.74) is 0. The zero-order valence-corrected chi connectivity index (χ0v) is 21.3. The van der Waals surface area contributed by atoms with Gasteiger partial charge in [0.15, 0.2) is 0 Å². The van der Waals surface area contributed by atoms with Crippen LogP contribution in [0.4, 0.5) is 0 Å². The highest BCUT2D eigenvalue weighted by molar-refractivity contribution is 4.94. The van der Waals surface area contributed by atoms with Gasteiger partial charge in [0, 0.05) is 38.3 Å². The first-order valence-electron chi connectivity index (χ1n) is 12.8. The van der Waals surface area contributed by atoms with Crippen LogP contribution >= 0.6 is 0 Å². The minimum atomic E-state index is 0.657. The predicted octanol–water partition coefficient (Wildman–Crippen LogP) is 4.88. The Labute approximate surface area is 183 Å². The van der Waals surface area contributed by atoms with Gasteiger partial charge in [-0.25, -0.2) is 0 Å². The predicted molar refractivity (Wildman–Crippen MR) is 128 cm³/mol. The molecule has 2 fully saturated rings. The molecule has 3 heteroatoms. The van der Waals surface area contributed by atoms with Crippen molar-refractivity contribution in [1.29, 1.82) is 0 Å². The third kappa shape index (κ3) is 5.57. The van der Waals surface area contributed by atoms with Gasteiger partial charge in [-0.2, -0.15) is 0 Å². The van der Waals surface area contributed by atoms with E-state index in [4.69, 9.17) is 0 Å². The van der Waals surface area contributed by atoms with Gasteiger partial charge in [0.2, 0.25) is 0 Å². The van der Waals surface area contributed by atoms with Crippen molar-refractivity contribution in [3.05, 3.63) is 0 Å². The van der Waals surface area contributed by atoms with Crippen molar-refractivity contribution in [1.82, 2.24) is 16.0 Å². The summed E-state index contributed by atoms with van der Waals surface area (Å²) >= 11 is 0. The fourth-order valence-electron chi connectivity index (χ4n) is 6.66. The second-order valence-corrected chi connectivity index (χ2v) is 11.3. The molecule has 2 aliphatic carbocycles. The van der Waals surface area contributed by atoms with Gasteiger partial charge >= 0.3 is 0 Å². The fourth-order valence-corrected chi connectivity index (χ4v) is 6.66. The van der Waals surface area contributed by atoms with Gasteiger partial charge in [-0.1, -0.05) is 69.2 Å². The van der Waals surface area contributed by atoms with Crippen LogP contribution in [0.15, 0.2) is 0 Å². The molecule has 0 aromatic heterocycles. The average molecular weight is 408 g/mol. The zero-order valence-electron chi connectivity index (χ0n) is 21.3. The normalized spacial score (nSPS) is 48.6.